The molecule has 28 heavy (non-hydrogen) atoms. The monoisotopic (exact) mass is 388 g/mol. The summed E-state index contributed by atoms with van der Waals surface area (Å²) in [6, 6.07) is 7.88. The van der Waals surface area contributed by atoms with Crippen molar-refractivity contribution in [3.05, 3.63) is 29.8 Å². The molecular formula is C21H32N4O3. The second-order valence-electron chi connectivity index (χ2n) is 7.55. The zero-order chi connectivity index (χ0) is 19.8. The Balaban J connectivity index is 1.32. The molecule has 2 heterocycles. The van der Waals surface area contributed by atoms with Crippen LogP contribution in [-0.4, -0.2) is 92.5 Å². The van der Waals surface area contributed by atoms with Gasteiger partial charge in [-0.3, -0.25) is 19.4 Å². The van der Waals surface area contributed by atoms with Crippen molar-refractivity contribution in [2.24, 2.45) is 0 Å². The van der Waals surface area contributed by atoms with E-state index < -0.39 is 0 Å². The Kier molecular flexibility index (Phi) is 7.68. The standard InChI is InChI=1S/C21H32N4O3/c1-28-19-7-3-2-6-18(19)8-9-22-20(26)16-23-12-14-24(15-13-23)17-21(27)25-10-4-5-11-25/h2-3,6-7H,4-5,8-17H2,1H3,(H,22,26). The highest BCUT2D eigenvalue weighted by Crippen LogP contribution is 2.17. The van der Waals surface area contributed by atoms with Crippen LogP contribution in [0.4, 0.5) is 0 Å². The molecule has 0 aliphatic carbocycles. The smallest absolute Gasteiger partial charge is 0.236 e. The molecule has 0 atom stereocenters. The molecular weight excluding hydrogens is 356 g/mol. The molecule has 1 aromatic carbocycles. The maximum absolute atomic E-state index is 12.3. The van der Waals surface area contributed by atoms with Gasteiger partial charge in [0.05, 0.1) is 20.2 Å². The van der Waals surface area contributed by atoms with E-state index in [1.807, 2.05) is 29.2 Å². The van der Waals surface area contributed by atoms with Gasteiger partial charge in [0.25, 0.3) is 0 Å². The van der Waals surface area contributed by atoms with Crippen LogP contribution in [-0.2, 0) is 16.0 Å². The van der Waals surface area contributed by atoms with E-state index in [9.17, 15) is 9.59 Å². The highest BCUT2D eigenvalue weighted by Gasteiger charge is 2.24. The minimum Gasteiger partial charge on any atom is -0.496 e. The van der Waals surface area contributed by atoms with E-state index in [0.717, 1.165) is 69.8 Å². The van der Waals surface area contributed by atoms with Crippen LogP contribution < -0.4 is 10.1 Å². The molecule has 0 radical (unpaired) electrons. The predicted molar refractivity (Wildman–Crippen MR) is 108 cm³/mol. The zero-order valence-electron chi connectivity index (χ0n) is 16.9. The Morgan fingerprint density at radius 3 is 2.29 bits per heavy atom. The number of rotatable bonds is 8. The number of benzene rings is 1. The van der Waals surface area contributed by atoms with E-state index >= 15 is 0 Å². The quantitative estimate of drug-likeness (QED) is 0.706. The Morgan fingerprint density at radius 2 is 1.61 bits per heavy atom. The van der Waals surface area contributed by atoms with Gasteiger partial charge in [-0.25, -0.2) is 0 Å². The number of nitrogens with one attached hydrogen (secondary N) is 1. The maximum Gasteiger partial charge on any atom is 0.236 e. The molecule has 2 fully saturated rings. The number of carbonyl (C=O) groups is 2. The lowest BCUT2D eigenvalue weighted by molar-refractivity contribution is -0.132. The van der Waals surface area contributed by atoms with Crippen LogP contribution in [0.2, 0.25) is 0 Å². The minimum absolute atomic E-state index is 0.0523. The fraction of sp³-hybridized carbons (Fsp3) is 0.619. The largest absolute Gasteiger partial charge is 0.496 e. The normalized spacial score (nSPS) is 18.2. The summed E-state index contributed by atoms with van der Waals surface area (Å²) >= 11 is 0. The van der Waals surface area contributed by atoms with Crippen LogP contribution in [0.3, 0.4) is 0 Å². The second kappa shape index (κ2) is 10.4. The van der Waals surface area contributed by atoms with Gasteiger partial charge in [-0.1, -0.05) is 18.2 Å². The molecule has 2 aliphatic heterocycles. The molecule has 1 N–H and O–H groups in total. The molecule has 2 saturated heterocycles. The van der Waals surface area contributed by atoms with Gasteiger partial charge in [0, 0.05) is 45.8 Å². The average molecular weight is 389 g/mol. The molecule has 0 unspecified atom stereocenters. The van der Waals surface area contributed by atoms with Crippen molar-refractivity contribution in [1.29, 1.82) is 0 Å². The second-order valence-corrected chi connectivity index (χ2v) is 7.55. The van der Waals surface area contributed by atoms with E-state index in [1.165, 1.54) is 0 Å². The number of piperazine rings is 1. The van der Waals surface area contributed by atoms with Crippen LogP contribution in [0, 0.1) is 0 Å². The van der Waals surface area contributed by atoms with Crippen molar-refractivity contribution in [3.63, 3.8) is 0 Å². The molecule has 3 rings (SSSR count). The lowest BCUT2D eigenvalue weighted by atomic mass is 10.1. The molecule has 7 nitrogen and oxygen atoms in total. The molecule has 0 saturated carbocycles. The number of nitrogens with zero attached hydrogens (tertiary/aromatic N) is 3. The van der Waals surface area contributed by atoms with Gasteiger partial charge in [0.2, 0.25) is 11.8 Å². The Morgan fingerprint density at radius 1 is 0.964 bits per heavy atom. The van der Waals surface area contributed by atoms with Crippen LogP contribution in [0.15, 0.2) is 24.3 Å². The third-order valence-electron chi connectivity index (χ3n) is 5.56. The number of amides is 2. The summed E-state index contributed by atoms with van der Waals surface area (Å²) in [4.78, 5) is 30.8. The highest BCUT2D eigenvalue weighted by molar-refractivity contribution is 5.79. The third-order valence-corrected chi connectivity index (χ3v) is 5.56. The fourth-order valence-electron chi connectivity index (χ4n) is 3.87. The first-order valence-electron chi connectivity index (χ1n) is 10.3. The molecule has 154 valence electrons. The van der Waals surface area contributed by atoms with Crippen LogP contribution in [0.25, 0.3) is 0 Å². The van der Waals surface area contributed by atoms with Gasteiger partial charge < -0.3 is 15.0 Å². The topological polar surface area (TPSA) is 65.1 Å². The van der Waals surface area contributed by atoms with Crippen LogP contribution in [0.5, 0.6) is 5.75 Å². The first-order chi connectivity index (χ1) is 13.7. The number of hydrogen-bond donors (Lipinski definition) is 1. The maximum atomic E-state index is 12.3. The number of hydrogen-bond acceptors (Lipinski definition) is 5. The van der Waals surface area contributed by atoms with Crippen LogP contribution in [0.1, 0.15) is 18.4 Å². The lowest BCUT2D eigenvalue weighted by Gasteiger charge is -2.34. The predicted octanol–water partition coefficient (Wildman–Crippen LogP) is 0.594. The number of carbonyl (C=O) groups excluding carboxylic acids is 2. The number of likely N-dealkylation sites (tertiary alicyclic amines) is 1. The molecule has 0 spiro atoms. The van der Waals surface area contributed by atoms with E-state index in [2.05, 4.69) is 15.1 Å². The summed E-state index contributed by atoms with van der Waals surface area (Å²) in [5.41, 5.74) is 1.10. The zero-order valence-corrected chi connectivity index (χ0v) is 16.9. The summed E-state index contributed by atoms with van der Waals surface area (Å²) in [6.45, 7) is 6.69. The van der Waals surface area contributed by atoms with Crippen molar-refractivity contribution < 1.29 is 14.3 Å². The molecule has 0 aromatic heterocycles. The van der Waals surface area contributed by atoms with Gasteiger partial charge in [-0.15, -0.1) is 0 Å². The molecule has 0 bridgehead atoms. The number of para-hydroxylation sites is 1. The minimum atomic E-state index is 0.0523. The average Bonchev–Trinajstić information content (AvgIpc) is 3.25. The van der Waals surface area contributed by atoms with Gasteiger partial charge in [0.1, 0.15) is 5.75 Å². The van der Waals surface area contributed by atoms with Crippen molar-refractivity contribution in [2.45, 2.75) is 19.3 Å². The molecule has 2 amide bonds. The Labute approximate surface area is 167 Å². The third kappa shape index (κ3) is 5.94. The van der Waals surface area contributed by atoms with E-state index in [-0.39, 0.29) is 11.8 Å². The Hall–Kier alpha value is -2.12. The van der Waals surface area contributed by atoms with Crippen LogP contribution >= 0.6 is 0 Å². The summed E-state index contributed by atoms with van der Waals surface area (Å²) < 4.78 is 5.34. The highest BCUT2D eigenvalue weighted by atomic mass is 16.5. The summed E-state index contributed by atoms with van der Waals surface area (Å²) in [5, 5.41) is 3.00. The SMILES string of the molecule is COc1ccccc1CCNC(=O)CN1CCN(CC(=O)N2CCCC2)CC1. The fourth-order valence-corrected chi connectivity index (χ4v) is 3.87. The van der Waals surface area contributed by atoms with Gasteiger partial charge in [-0.2, -0.15) is 0 Å². The summed E-state index contributed by atoms with van der Waals surface area (Å²) in [6.07, 6.45) is 3.01. The van der Waals surface area contributed by atoms with E-state index in [0.29, 0.717) is 19.6 Å². The van der Waals surface area contributed by atoms with Crippen molar-refractivity contribution in [2.75, 3.05) is 66.0 Å². The van der Waals surface area contributed by atoms with Crippen molar-refractivity contribution in [3.8, 4) is 5.75 Å². The first kappa shape index (κ1) is 20.6. The molecule has 1 aromatic rings. The molecule has 7 heteroatoms. The Bertz CT molecular complexity index is 653. The first-order valence-corrected chi connectivity index (χ1v) is 10.3. The van der Waals surface area contributed by atoms with Gasteiger partial charge in [0.15, 0.2) is 0 Å². The number of ether oxygens (including phenoxy) is 1. The van der Waals surface area contributed by atoms with Gasteiger partial charge >= 0.3 is 0 Å². The van der Waals surface area contributed by atoms with Gasteiger partial charge in [-0.05, 0) is 30.9 Å². The number of methoxy groups -OCH3 is 1. The van der Waals surface area contributed by atoms with Crippen molar-refractivity contribution in [1.82, 2.24) is 20.0 Å². The van der Waals surface area contributed by atoms with E-state index in [1.54, 1.807) is 7.11 Å². The van der Waals surface area contributed by atoms with Crippen molar-refractivity contribution >= 4 is 11.8 Å². The summed E-state index contributed by atoms with van der Waals surface area (Å²) in [5.74, 6) is 1.16. The van der Waals surface area contributed by atoms with E-state index in [4.69, 9.17) is 4.74 Å². The lowest BCUT2D eigenvalue weighted by Crippen LogP contribution is -2.51. The summed E-state index contributed by atoms with van der Waals surface area (Å²) in [7, 11) is 1.66. The molecule has 2 aliphatic rings.